The third-order valence-corrected chi connectivity index (χ3v) is 10.8. The summed E-state index contributed by atoms with van der Waals surface area (Å²) in [5.41, 5.74) is 1.47. The van der Waals surface area contributed by atoms with E-state index in [-0.39, 0.29) is 29.8 Å². The molecule has 0 spiro atoms. The molecule has 1 aliphatic carbocycles. The van der Waals surface area contributed by atoms with E-state index in [1.165, 1.54) is 11.9 Å². The summed E-state index contributed by atoms with van der Waals surface area (Å²) in [5.74, 6) is -0.795. The van der Waals surface area contributed by atoms with Crippen molar-refractivity contribution in [1.82, 2.24) is 14.5 Å². The van der Waals surface area contributed by atoms with Crippen molar-refractivity contribution in [3.8, 4) is 0 Å². The number of benzene rings is 4. The Morgan fingerprint density at radius 1 is 0.867 bits per heavy atom. The van der Waals surface area contributed by atoms with Gasteiger partial charge >= 0.3 is 0 Å². The Hall–Kier alpha value is -3.43. The highest BCUT2D eigenvalue weighted by atomic mass is 35.5. The van der Waals surface area contributed by atoms with Gasteiger partial charge in [-0.3, -0.25) is 9.59 Å². The average molecular weight is 667 g/mol. The van der Waals surface area contributed by atoms with Crippen LogP contribution in [0.2, 0.25) is 10.0 Å². The van der Waals surface area contributed by atoms with Gasteiger partial charge in [0.25, 0.3) is 0 Å². The van der Waals surface area contributed by atoms with Crippen molar-refractivity contribution >= 4 is 55.8 Å². The summed E-state index contributed by atoms with van der Waals surface area (Å²) in [7, 11) is -2.65. The van der Waals surface area contributed by atoms with Gasteiger partial charge in [0.1, 0.15) is 6.04 Å². The number of likely N-dealkylation sites (N-methyl/N-ethyl adjacent to an activating group) is 1. The van der Waals surface area contributed by atoms with Gasteiger partial charge in [-0.05, 0) is 59.0 Å². The molecule has 2 amide bonds. The zero-order valence-corrected chi connectivity index (χ0v) is 27.5. The topological polar surface area (TPSA) is 86.8 Å². The van der Waals surface area contributed by atoms with Crippen LogP contribution in [0.3, 0.4) is 0 Å². The highest BCUT2D eigenvalue weighted by Crippen LogP contribution is 2.26. The Kier molecular flexibility index (Phi) is 10.8. The number of carbonyl (C=O) groups excluding carboxylic acids is 2. The lowest BCUT2D eigenvalue weighted by Crippen LogP contribution is -2.54. The molecular formula is C35H37Cl2N3O4S. The monoisotopic (exact) mass is 665 g/mol. The minimum Gasteiger partial charge on any atom is -0.352 e. The van der Waals surface area contributed by atoms with E-state index in [1.54, 1.807) is 36.4 Å². The molecule has 0 unspecified atom stereocenters. The van der Waals surface area contributed by atoms with Crippen molar-refractivity contribution in [2.24, 2.45) is 0 Å². The van der Waals surface area contributed by atoms with Crippen LogP contribution >= 0.6 is 23.2 Å². The number of nitrogens with one attached hydrogen (secondary N) is 1. The van der Waals surface area contributed by atoms with E-state index in [9.17, 15) is 18.0 Å². The second kappa shape index (κ2) is 14.8. The van der Waals surface area contributed by atoms with Crippen LogP contribution in [0.15, 0.2) is 95.9 Å². The molecular weight excluding hydrogens is 629 g/mol. The molecule has 7 nitrogen and oxygen atoms in total. The Balaban J connectivity index is 1.47. The van der Waals surface area contributed by atoms with Crippen LogP contribution in [0.25, 0.3) is 10.8 Å². The molecule has 4 aromatic carbocycles. The third kappa shape index (κ3) is 8.24. The van der Waals surface area contributed by atoms with Crippen molar-refractivity contribution in [1.29, 1.82) is 0 Å². The molecule has 45 heavy (non-hydrogen) atoms. The number of halogens is 2. The number of fused-ring (bicyclic) bond motifs is 1. The lowest BCUT2D eigenvalue weighted by atomic mass is 9.94. The molecule has 0 bridgehead atoms. The van der Waals surface area contributed by atoms with Gasteiger partial charge < -0.3 is 10.2 Å². The van der Waals surface area contributed by atoms with Crippen LogP contribution in [0.5, 0.6) is 0 Å². The van der Waals surface area contributed by atoms with Crippen LogP contribution in [0.1, 0.15) is 43.2 Å². The first-order chi connectivity index (χ1) is 21.6. The summed E-state index contributed by atoms with van der Waals surface area (Å²) in [6.45, 7) is -0.476. The first-order valence-corrected chi connectivity index (χ1v) is 17.3. The van der Waals surface area contributed by atoms with Crippen LogP contribution in [0, 0.1) is 0 Å². The molecule has 0 aliphatic heterocycles. The molecule has 10 heteroatoms. The van der Waals surface area contributed by atoms with Gasteiger partial charge in [-0.1, -0.05) is 109 Å². The van der Waals surface area contributed by atoms with Crippen molar-refractivity contribution in [3.63, 3.8) is 0 Å². The van der Waals surface area contributed by atoms with Gasteiger partial charge in [-0.15, -0.1) is 0 Å². The number of hydrogen-bond acceptors (Lipinski definition) is 4. The van der Waals surface area contributed by atoms with Gasteiger partial charge in [0.05, 0.1) is 11.4 Å². The van der Waals surface area contributed by atoms with Crippen LogP contribution < -0.4 is 5.32 Å². The molecule has 1 aliphatic rings. The first-order valence-electron chi connectivity index (χ1n) is 15.1. The van der Waals surface area contributed by atoms with E-state index in [0.717, 1.165) is 52.7 Å². The Labute approximate surface area is 275 Å². The zero-order chi connectivity index (χ0) is 32.0. The normalized spacial score (nSPS) is 14.8. The molecule has 236 valence electrons. The number of rotatable bonds is 11. The molecule has 0 radical (unpaired) electrons. The van der Waals surface area contributed by atoms with E-state index in [1.807, 2.05) is 54.6 Å². The lowest BCUT2D eigenvalue weighted by molar-refractivity contribution is -0.141. The SMILES string of the molecule is CN(CC(=O)N(Cc1ccc(Cl)cc1Cl)[C@@H](Cc1ccccc1)C(=O)NC1CCCCC1)S(=O)(=O)c1ccc2ccccc2c1. The van der Waals surface area contributed by atoms with Crippen molar-refractivity contribution in [2.45, 2.75) is 62.0 Å². The summed E-state index contributed by atoms with van der Waals surface area (Å²) >= 11 is 12.7. The van der Waals surface area contributed by atoms with Crippen LogP contribution in [0.4, 0.5) is 0 Å². The summed E-state index contributed by atoms with van der Waals surface area (Å²) in [4.78, 5) is 29.8. The van der Waals surface area contributed by atoms with E-state index in [4.69, 9.17) is 23.2 Å². The molecule has 1 atom stereocenters. The minimum absolute atomic E-state index is 0.00567. The number of carbonyl (C=O) groups is 2. The van der Waals surface area contributed by atoms with Gasteiger partial charge in [-0.25, -0.2) is 8.42 Å². The fourth-order valence-corrected chi connectivity index (χ4v) is 7.43. The van der Waals surface area contributed by atoms with Crippen LogP contribution in [-0.4, -0.2) is 55.1 Å². The fraction of sp³-hybridized carbons (Fsp3) is 0.314. The number of nitrogens with zero attached hydrogens (tertiary/aromatic N) is 2. The zero-order valence-electron chi connectivity index (χ0n) is 25.2. The Morgan fingerprint density at radius 2 is 1.56 bits per heavy atom. The van der Waals surface area contributed by atoms with E-state index in [0.29, 0.717) is 15.6 Å². The molecule has 1 saturated carbocycles. The average Bonchev–Trinajstić information content (AvgIpc) is 3.04. The molecule has 4 aromatic rings. The standard InChI is InChI=1S/C35H37Cl2N3O4S/c1-39(45(43,44)31-19-17-26-12-8-9-13-27(26)21-31)24-34(41)40(23-28-16-18-29(36)22-32(28)37)33(20-25-10-4-2-5-11-25)35(42)38-30-14-6-3-7-15-30/h2,4-5,8-13,16-19,21-22,30,33H,3,6-7,14-15,20,23-24H2,1H3,(H,38,42)/t33-/m0/s1. The van der Waals surface area contributed by atoms with Crippen molar-refractivity contribution < 1.29 is 18.0 Å². The summed E-state index contributed by atoms with van der Waals surface area (Å²) in [6.07, 6.45) is 5.22. The van der Waals surface area contributed by atoms with Crippen LogP contribution in [-0.2, 0) is 32.6 Å². The Bertz CT molecular complexity index is 1760. The second-order valence-electron chi connectivity index (χ2n) is 11.6. The van der Waals surface area contributed by atoms with Crippen molar-refractivity contribution in [3.05, 3.63) is 112 Å². The largest absolute Gasteiger partial charge is 0.352 e. The number of amides is 2. The molecule has 1 fully saturated rings. The predicted octanol–water partition coefficient (Wildman–Crippen LogP) is 6.86. The molecule has 5 rings (SSSR count). The fourth-order valence-electron chi connectivity index (χ4n) is 5.81. The quantitative estimate of drug-likeness (QED) is 0.190. The summed E-state index contributed by atoms with van der Waals surface area (Å²) in [5, 5.41) is 5.67. The number of hydrogen-bond donors (Lipinski definition) is 1. The second-order valence-corrected chi connectivity index (χ2v) is 14.5. The first kappa shape index (κ1) is 32.9. The smallest absolute Gasteiger partial charge is 0.243 e. The minimum atomic E-state index is -4.03. The maximum Gasteiger partial charge on any atom is 0.243 e. The number of sulfonamides is 1. The maximum absolute atomic E-state index is 14.2. The van der Waals surface area contributed by atoms with E-state index < -0.39 is 28.5 Å². The summed E-state index contributed by atoms with van der Waals surface area (Å²) in [6, 6.07) is 26.0. The Morgan fingerprint density at radius 3 is 2.27 bits per heavy atom. The summed E-state index contributed by atoms with van der Waals surface area (Å²) < 4.78 is 28.4. The molecule has 0 heterocycles. The van der Waals surface area contributed by atoms with Gasteiger partial charge in [0.15, 0.2) is 0 Å². The molecule has 0 aromatic heterocycles. The highest BCUT2D eigenvalue weighted by Gasteiger charge is 2.34. The van der Waals surface area contributed by atoms with Crippen molar-refractivity contribution in [2.75, 3.05) is 13.6 Å². The third-order valence-electron chi connectivity index (χ3n) is 8.37. The predicted molar refractivity (Wildman–Crippen MR) is 180 cm³/mol. The van der Waals surface area contributed by atoms with E-state index in [2.05, 4.69) is 5.32 Å². The van der Waals surface area contributed by atoms with E-state index >= 15 is 0 Å². The molecule has 0 saturated heterocycles. The van der Waals surface area contributed by atoms with Gasteiger partial charge in [0, 0.05) is 36.1 Å². The van der Waals surface area contributed by atoms with Gasteiger partial charge in [0.2, 0.25) is 21.8 Å². The highest BCUT2D eigenvalue weighted by molar-refractivity contribution is 7.89. The van der Waals surface area contributed by atoms with Gasteiger partial charge in [-0.2, -0.15) is 4.31 Å². The lowest BCUT2D eigenvalue weighted by Gasteiger charge is -2.34. The molecule has 1 N–H and O–H groups in total. The maximum atomic E-state index is 14.2.